The molecule has 1 N–H and O–H groups in total. The highest BCUT2D eigenvalue weighted by Gasteiger charge is 2.04. The van der Waals surface area contributed by atoms with Gasteiger partial charge in [-0.05, 0) is 31.2 Å². The molecule has 0 aliphatic carbocycles. The number of nitrogens with one attached hydrogen (secondary N) is 1. The Morgan fingerprint density at radius 1 is 1.38 bits per heavy atom. The Labute approximate surface area is 100 Å². The number of rotatable bonds is 5. The SMILES string of the molecule is CCCNCc1ccc(-c2ccn(C)n2)s1. The number of nitrogens with zero attached hydrogens (tertiary/aromatic N) is 2. The molecule has 16 heavy (non-hydrogen) atoms. The molecule has 4 heteroatoms. The third-order valence-electron chi connectivity index (χ3n) is 2.35. The van der Waals surface area contributed by atoms with Crippen molar-refractivity contribution in [3.8, 4) is 10.6 Å². The largest absolute Gasteiger partial charge is 0.312 e. The summed E-state index contributed by atoms with van der Waals surface area (Å²) in [5.41, 5.74) is 1.06. The minimum Gasteiger partial charge on any atom is -0.312 e. The summed E-state index contributed by atoms with van der Waals surface area (Å²) in [7, 11) is 1.95. The maximum atomic E-state index is 4.40. The molecule has 0 saturated heterocycles. The number of aryl methyl sites for hydroxylation is 1. The lowest BCUT2D eigenvalue weighted by molar-refractivity contribution is 0.681. The van der Waals surface area contributed by atoms with Gasteiger partial charge in [0.25, 0.3) is 0 Å². The molecule has 0 radical (unpaired) electrons. The molecule has 2 rings (SSSR count). The summed E-state index contributed by atoms with van der Waals surface area (Å²) in [6.07, 6.45) is 3.16. The highest BCUT2D eigenvalue weighted by molar-refractivity contribution is 7.15. The van der Waals surface area contributed by atoms with Crippen LogP contribution in [0.2, 0.25) is 0 Å². The fraction of sp³-hybridized carbons (Fsp3) is 0.417. The minimum atomic E-state index is 0.964. The number of hydrogen-bond acceptors (Lipinski definition) is 3. The molecule has 0 spiro atoms. The van der Waals surface area contributed by atoms with Crippen LogP contribution in [-0.2, 0) is 13.6 Å². The maximum absolute atomic E-state index is 4.40. The lowest BCUT2D eigenvalue weighted by Crippen LogP contribution is -2.12. The van der Waals surface area contributed by atoms with Gasteiger partial charge in [0.05, 0.1) is 4.88 Å². The summed E-state index contributed by atoms with van der Waals surface area (Å²) in [5, 5.41) is 7.80. The van der Waals surface area contributed by atoms with Crippen LogP contribution in [0.5, 0.6) is 0 Å². The monoisotopic (exact) mass is 235 g/mol. The zero-order valence-electron chi connectivity index (χ0n) is 9.73. The van der Waals surface area contributed by atoms with E-state index in [1.807, 2.05) is 29.3 Å². The average Bonchev–Trinajstić information content (AvgIpc) is 2.87. The van der Waals surface area contributed by atoms with Gasteiger partial charge in [-0.25, -0.2) is 0 Å². The van der Waals surface area contributed by atoms with E-state index in [-0.39, 0.29) is 0 Å². The Hall–Kier alpha value is -1.13. The first-order valence-corrected chi connectivity index (χ1v) is 6.40. The van der Waals surface area contributed by atoms with Gasteiger partial charge in [-0.1, -0.05) is 6.92 Å². The van der Waals surface area contributed by atoms with Gasteiger partial charge in [-0.2, -0.15) is 5.10 Å². The van der Waals surface area contributed by atoms with E-state index in [1.54, 1.807) is 0 Å². The first kappa shape index (κ1) is 11.4. The van der Waals surface area contributed by atoms with Crippen LogP contribution in [0, 0.1) is 0 Å². The normalized spacial score (nSPS) is 10.9. The quantitative estimate of drug-likeness (QED) is 0.807. The smallest absolute Gasteiger partial charge is 0.102 e. The van der Waals surface area contributed by atoms with Crippen molar-refractivity contribution in [3.63, 3.8) is 0 Å². The second kappa shape index (κ2) is 5.27. The summed E-state index contributed by atoms with van der Waals surface area (Å²) >= 11 is 1.81. The van der Waals surface area contributed by atoms with Crippen molar-refractivity contribution >= 4 is 11.3 Å². The van der Waals surface area contributed by atoms with Gasteiger partial charge in [-0.3, -0.25) is 4.68 Å². The zero-order chi connectivity index (χ0) is 11.4. The van der Waals surface area contributed by atoms with Crippen molar-refractivity contribution < 1.29 is 0 Å². The molecule has 0 aromatic carbocycles. The molecule has 0 atom stereocenters. The summed E-state index contributed by atoms with van der Waals surface area (Å²) in [6.45, 7) is 4.23. The van der Waals surface area contributed by atoms with Crippen LogP contribution in [0.15, 0.2) is 24.4 Å². The summed E-state index contributed by atoms with van der Waals surface area (Å²) in [6, 6.07) is 6.38. The summed E-state index contributed by atoms with van der Waals surface area (Å²) in [4.78, 5) is 2.61. The van der Waals surface area contributed by atoms with Crippen molar-refractivity contribution in [3.05, 3.63) is 29.3 Å². The number of aromatic nitrogens is 2. The molecule has 86 valence electrons. The van der Waals surface area contributed by atoms with E-state index in [0.29, 0.717) is 0 Å². The Morgan fingerprint density at radius 2 is 2.25 bits per heavy atom. The van der Waals surface area contributed by atoms with Crippen LogP contribution < -0.4 is 5.32 Å². The molecule has 2 heterocycles. The maximum Gasteiger partial charge on any atom is 0.102 e. The predicted molar refractivity (Wildman–Crippen MR) is 68.5 cm³/mol. The number of hydrogen-bond donors (Lipinski definition) is 1. The second-order valence-electron chi connectivity index (χ2n) is 3.82. The predicted octanol–water partition coefficient (Wildman–Crippen LogP) is 2.65. The van der Waals surface area contributed by atoms with Crippen LogP contribution in [0.25, 0.3) is 10.6 Å². The van der Waals surface area contributed by atoms with Crippen LogP contribution in [0.4, 0.5) is 0 Å². The van der Waals surface area contributed by atoms with E-state index >= 15 is 0 Å². The Bertz CT molecular complexity index is 445. The average molecular weight is 235 g/mol. The van der Waals surface area contributed by atoms with Crippen LogP contribution >= 0.6 is 11.3 Å². The van der Waals surface area contributed by atoms with Gasteiger partial charge in [-0.15, -0.1) is 11.3 Å². The standard InChI is InChI=1S/C12H17N3S/c1-3-7-13-9-10-4-5-12(16-10)11-6-8-15(2)14-11/h4-6,8,13H,3,7,9H2,1-2H3. The molecule has 0 unspecified atom stereocenters. The molecule has 2 aromatic heterocycles. The first-order chi connectivity index (χ1) is 7.79. The van der Waals surface area contributed by atoms with Gasteiger partial charge < -0.3 is 5.32 Å². The molecule has 0 amide bonds. The third kappa shape index (κ3) is 2.71. The van der Waals surface area contributed by atoms with Crippen LogP contribution in [-0.4, -0.2) is 16.3 Å². The highest BCUT2D eigenvalue weighted by atomic mass is 32.1. The molecule has 0 fully saturated rings. The van der Waals surface area contributed by atoms with E-state index in [0.717, 1.165) is 18.8 Å². The molecule has 0 saturated carbocycles. The van der Waals surface area contributed by atoms with Crippen molar-refractivity contribution in [2.24, 2.45) is 7.05 Å². The van der Waals surface area contributed by atoms with Crippen molar-refractivity contribution in [2.45, 2.75) is 19.9 Å². The van der Waals surface area contributed by atoms with E-state index < -0.39 is 0 Å². The lowest BCUT2D eigenvalue weighted by Gasteiger charge is -1.98. The molecular formula is C12H17N3S. The summed E-state index contributed by atoms with van der Waals surface area (Å²) < 4.78 is 1.84. The lowest BCUT2D eigenvalue weighted by atomic mass is 10.3. The van der Waals surface area contributed by atoms with Crippen LogP contribution in [0.1, 0.15) is 18.2 Å². The Morgan fingerprint density at radius 3 is 2.94 bits per heavy atom. The molecule has 0 aliphatic rings. The fourth-order valence-corrected chi connectivity index (χ4v) is 2.49. The van der Waals surface area contributed by atoms with Gasteiger partial charge >= 0.3 is 0 Å². The van der Waals surface area contributed by atoms with Gasteiger partial charge in [0.1, 0.15) is 5.69 Å². The van der Waals surface area contributed by atoms with Crippen LogP contribution in [0.3, 0.4) is 0 Å². The van der Waals surface area contributed by atoms with Gasteiger partial charge in [0.15, 0.2) is 0 Å². The van der Waals surface area contributed by atoms with Crippen molar-refractivity contribution in [1.29, 1.82) is 0 Å². The highest BCUT2D eigenvalue weighted by Crippen LogP contribution is 2.26. The topological polar surface area (TPSA) is 29.9 Å². The number of thiophene rings is 1. The zero-order valence-corrected chi connectivity index (χ0v) is 10.5. The molecule has 0 bridgehead atoms. The molecular weight excluding hydrogens is 218 g/mol. The van der Waals surface area contributed by atoms with Gasteiger partial charge in [0, 0.05) is 24.7 Å². The fourth-order valence-electron chi connectivity index (χ4n) is 1.55. The minimum absolute atomic E-state index is 0.964. The van der Waals surface area contributed by atoms with E-state index in [1.165, 1.54) is 16.2 Å². The molecule has 3 nitrogen and oxygen atoms in total. The Kier molecular flexibility index (Phi) is 3.74. The Balaban J connectivity index is 2.02. The van der Waals surface area contributed by atoms with Gasteiger partial charge in [0.2, 0.25) is 0 Å². The van der Waals surface area contributed by atoms with Crippen molar-refractivity contribution in [1.82, 2.24) is 15.1 Å². The first-order valence-electron chi connectivity index (χ1n) is 5.59. The molecule has 2 aromatic rings. The van der Waals surface area contributed by atoms with E-state index in [2.05, 4.69) is 35.5 Å². The van der Waals surface area contributed by atoms with E-state index in [4.69, 9.17) is 0 Å². The summed E-state index contributed by atoms with van der Waals surface area (Å²) in [5.74, 6) is 0. The third-order valence-corrected chi connectivity index (χ3v) is 3.46. The molecule has 0 aliphatic heterocycles. The second-order valence-corrected chi connectivity index (χ2v) is 4.99. The van der Waals surface area contributed by atoms with E-state index in [9.17, 15) is 0 Å². The van der Waals surface area contributed by atoms with Crippen molar-refractivity contribution in [2.75, 3.05) is 6.54 Å².